The number of amides is 1. The number of imidazole rings is 1. The van der Waals surface area contributed by atoms with E-state index >= 15 is 0 Å². The monoisotopic (exact) mass is 422 g/mol. The molecule has 0 aliphatic rings. The number of sulfonamides is 1. The van der Waals surface area contributed by atoms with Crippen molar-refractivity contribution in [3.05, 3.63) is 24.0 Å². The highest BCUT2D eigenvalue weighted by atomic mass is 32.2. The van der Waals surface area contributed by atoms with E-state index in [1.807, 2.05) is 18.5 Å². The molecule has 0 aliphatic heterocycles. The summed E-state index contributed by atoms with van der Waals surface area (Å²) in [5.74, 6) is 0.793. The molecule has 0 fully saturated rings. The fraction of sp³-hybridized carbons (Fsp3) is 0.619. The van der Waals surface area contributed by atoms with Gasteiger partial charge in [-0.2, -0.15) is 0 Å². The summed E-state index contributed by atoms with van der Waals surface area (Å²) in [6.07, 6.45) is 6.67. The molecular weight excluding hydrogens is 388 g/mol. The number of carbonyl (C=O) groups is 1. The number of unbranched alkanes of at least 4 members (excludes halogenated alkanes) is 3. The Labute approximate surface area is 174 Å². The number of hydrogen-bond acceptors (Lipinski definition) is 4. The molecule has 1 amide bonds. The van der Waals surface area contributed by atoms with Crippen molar-refractivity contribution in [2.45, 2.75) is 69.7 Å². The summed E-state index contributed by atoms with van der Waals surface area (Å²) >= 11 is 0. The van der Waals surface area contributed by atoms with E-state index in [9.17, 15) is 13.2 Å². The molecule has 0 spiro atoms. The fourth-order valence-corrected chi connectivity index (χ4v) is 4.27. The second-order valence-electron chi connectivity index (χ2n) is 7.84. The van der Waals surface area contributed by atoms with Crippen molar-refractivity contribution in [3.8, 4) is 0 Å². The molecule has 8 heteroatoms. The van der Waals surface area contributed by atoms with Crippen molar-refractivity contribution < 1.29 is 13.2 Å². The molecule has 2 aromatic rings. The Morgan fingerprint density at radius 1 is 1.24 bits per heavy atom. The SMILES string of the molecule is CCCCCCC(C)NC(=O)CCc1nc2cc(S(=O)(=O)N(C)C)ccc2n1C. The van der Waals surface area contributed by atoms with Crippen LogP contribution in [0.4, 0.5) is 0 Å². The maximum absolute atomic E-state index is 12.3. The minimum absolute atomic E-state index is 0.0240. The molecule has 1 aromatic heterocycles. The summed E-state index contributed by atoms with van der Waals surface area (Å²) in [6, 6.07) is 5.13. The zero-order chi connectivity index (χ0) is 21.6. The third-order valence-electron chi connectivity index (χ3n) is 5.20. The number of carbonyl (C=O) groups excluding carboxylic acids is 1. The fourth-order valence-electron chi connectivity index (χ4n) is 3.35. The number of aryl methyl sites for hydroxylation is 2. The van der Waals surface area contributed by atoms with Crippen LogP contribution in [-0.4, -0.2) is 48.3 Å². The van der Waals surface area contributed by atoms with Crippen LogP contribution in [0.2, 0.25) is 0 Å². The third kappa shape index (κ3) is 6.02. The van der Waals surface area contributed by atoms with E-state index in [2.05, 4.69) is 17.2 Å². The Morgan fingerprint density at radius 3 is 2.62 bits per heavy atom. The van der Waals surface area contributed by atoms with E-state index in [0.29, 0.717) is 18.4 Å². The number of nitrogens with one attached hydrogen (secondary N) is 1. The highest BCUT2D eigenvalue weighted by Gasteiger charge is 2.19. The summed E-state index contributed by atoms with van der Waals surface area (Å²) in [6.45, 7) is 4.24. The Morgan fingerprint density at radius 2 is 1.97 bits per heavy atom. The molecular formula is C21H34N4O3S. The smallest absolute Gasteiger partial charge is 0.242 e. The molecule has 2 rings (SSSR count). The Kier molecular flexibility index (Phi) is 8.22. The Bertz CT molecular complexity index is 935. The maximum Gasteiger partial charge on any atom is 0.242 e. The average Bonchev–Trinajstić information content (AvgIpc) is 2.98. The molecule has 0 aliphatic carbocycles. The molecule has 29 heavy (non-hydrogen) atoms. The lowest BCUT2D eigenvalue weighted by Crippen LogP contribution is -2.32. The van der Waals surface area contributed by atoms with Crippen molar-refractivity contribution >= 4 is 27.0 Å². The van der Waals surface area contributed by atoms with Crippen LogP contribution in [0.25, 0.3) is 11.0 Å². The van der Waals surface area contributed by atoms with Crippen LogP contribution in [0.15, 0.2) is 23.1 Å². The van der Waals surface area contributed by atoms with Crippen molar-refractivity contribution in [2.24, 2.45) is 7.05 Å². The summed E-state index contributed by atoms with van der Waals surface area (Å²) in [7, 11) is 1.40. The van der Waals surface area contributed by atoms with Gasteiger partial charge in [-0.15, -0.1) is 0 Å². The minimum Gasteiger partial charge on any atom is -0.354 e. The third-order valence-corrected chi connectivity index (χ3v) is 7.01. The van der Waals surface area contributed by atoms with Crippen LogP contribution < -0.4 is 5.32 Å². The van der Waals surface area contributed by atoms with E-state index < -0.39 is 10.0 Å². The summed E-state index contributed by atoms with van der Waals surface area (Å²) in [4.78, 5) is 17.1. The topological polar surface area (TPSA) is 84.3 Å². The number of aromatic nitrogens is 2. The first-order valence-corrected chi connectivity index (χ1v) is 11.8. The lowest BCUT2D eigenvalue weighted by atomic mass is 10.1. The number of rotatable bonds is 11. The standard InChI is InChI=1S/C21H34N4O3S/c1-6-7-8-9-10-16(2)22-21(26)14-13-20-23-18-15-17(29(27,28)24(3)4)11-12-19(18)25(20)5/h11-12,15-16H,6-10,13-14H2,1-5H3,(H,22,26). The largest absolute Gasteiger partial charge is 0.354 e. The molecule has 1 aromatic carbocycles. The highest BCUT2D eigenvalue weighted by Crippen LogP contribution is 2.21. The maximum atomic E-state index is 12.3. The molecule has 1 unspecified atom stereocenters. The van der Waals surface area contributed by atoms with Gasteiger partial charge in [0.1, 0.15) is 5.82 Å². The molecule has 0 radical (unpaired) electrons. The van der Waals surface area contributed by atoms with Crippen molar-refractivity contribution in [1.29, 1.82) is 0 Å². The van der Waals surface area contributed by atoms with Gasteiger partial charge >= 0.3 is 0 Å². The molecule has 0 bridgehead atoms. The van der Waals surface area contributed by atoms with Crippen molar-refractivity contribution in [1.82, 2.24) is 19.2 Å². The lowest BCUT2D eigenvalue weighted by Gasteiger charge is -2.13. The predicted octanol–water partition coefficient (Wildman–Crippen LogP) is 3.23. The quantitative estimate of drug-likeness (QED) is 0.564. The number of nitrogens with zero attached hydrogens (tertiary/aromatic N) is 3. The molecule has 1 heterocycles. The average molecular weight is 423 g/mol. The van der Waals surface area contributed by atoms with Crippen molar-refractivity contribution in [3.63, 3.8) is 0 Å². The predicted molar refractivity (Wildman–Crippen MR) is 116 cm³/mol. The Balaban J connectivity index is 2.00. The lowest BCUT2D eigenvalue weighted by molar-refractivity contribution is -0.121. The van der Waals surface area contributed by atoms with Crippen LogP contribution in [0, 0.1) is 0 Å². The first kappa shape index (κ1) is 23.3. The minimum atomic E-state index is -3.50. The second kappa shape index (κ2) is 10.2. The van der Waals surface area contributed by atoms with Gasteiger partial charge in [0.2, 0.25) is 15.9 Å². The molecule has 1 atom stereocenters. The van der Waals surface area contributed by atoms with Gasteiger partial charge in [0.25, 0.3) is 0 Å². The van der Waals surface area contributed by atoms with Gasteiger partial charge in [0.15, 0.2) is 0 Å². The van der Waals surface area contributed by atoms with E-state index in [4.69, 9.17) is 0 Å². The number of benzene rings is 1. The summed E-state index contributed by atoms with van der Waals surface area (Å²) in [5, 5.41) is 3.06. The van der Waals surface area contributed by atoms with Crippen molar-refractivity contribution in [2.75, 3.05) is 14.1 Å². The highest BCUT2D eigenvalue weighted by molar-refractivity contribution is 7.89. The van der Waals surface area contributed by atoms with Crippen LogP contribution in [0.3, 0.4) is 0 Å². The molecule has 0 saturated heterocycles. The summed E-state index contributed by atoms with van der Waals surface area (Å²) in [5.41, 5.74) is 1.47. The van der Waals surface area contributed by atoms with Gasteiger partial charge < -0.3 is 9.88 Å². The normalized spacial score (nSPS) is 13.2. The zero-order valence-corrected chi connectivity index (χ0v) is 19.1. The van der Waals surface area contributed by atoms with Gasteiger partial charge in [-0.05, 0) is 31.5 Å². The van der Waals surface area contributed by atoms with Crippen LogP contribution in [0.1, 0.15) is 58.2 Å². The van der Waals surface area contributed by atoms with Crippen LogP contribution in [-0.2, 0) is 28.3 Å². The van der Waals surface area contributed by atoms with Gasteiger partial charge in [-0.1, -0.05) is 32.6 Å². The van der Waals surface area contributed by atoms with Crippen LogP contribution in [0.5, 0.6) is 0 Å². The van der Waals surface area contributed by atoms with Gasteiger partial charge in [0.05, 0.1) is 15.9 Å². The molecule has 7 nitrogen and oxygen atoms in total. The summed E-state index contributed by atoms with van der Waals surface area (Å²) < 4.78 is 27.8. The van der Waals surface area contributed by atoms with Crippen LogP contribution >= 0.6 is 0 Å². The van der Waals surface area contributed by atoms with E-state index in [0.717, 1.165) is 24.2 Å². The number of hydrogen-bond donors (Lipinski definition) is 1. The second-order valence-corrected chi connectivity index (χ2v) is 9.99. The van der Waals surface area contributed by atoms with Gasteiger partial charge in [-0.3, -0.25) is 4.79 Å². The van der Waals surface area contributed by atoms with E-state index in [1.54, 1.807) is 18.2 Å². The first-order valence-electron chi connectivity index (χ1n) is 10.3. The van der Waals surface area contributed by atoms with E-state index in [1.165, 1.54) is 37.7 Å². The Hall–Kier alpha value is -1.93. The van der Waals surface area contributed by atoms with E-state index in [-0.39, 0.29) is 16.8 Å². The number of fused-ring (bicyclic) bond motifs is 1. The molecule has 1 N–H and O–H groups in total. The zero-order valence-electron chi connectivity index (χ0n) is 18.2. The first-order chi connectivity index (χ1) is 13.7. The molecule has 0 saturated carbocycles. The van der Waals surface area contributed by atoms with Gasteiger partial charge in [0, 0.05) is 40.0 Å². The van der Waals surface area contributed by atoms with Gasteiger partial charge in [-0.25, -0.2) is 17.7 Å². The molecule has 162 valence electrons.